The van der Waals surface area contributed by atoms with Crippen LogP contribution in [0.5, 0.6) is 0 Å². The summed E-state index contributed by atoms with van der Waals surface area (Å²) in [5.74, 6) is 0.0185. The average molecular weight is 440 g/mol. The van der Waals surface area contributed by atoms with Crippen molar-refractivity contribution in [3.05, 3.63) is 91.0 Å². The Morgan fingerprint density at radius 3 is 2.04 bits per heavy atom. The van der Waals surface area contributed by atoms with Crippen LogP contribution >= 0.6 is 11.8 Å². The maximum absolute atomic E-state index is 13.0. The number of carbonyl (C=O) groups is 1. The van der Waals surface area contributed by atoms with Crippen LogP contribution in [-0.4, -0.2) is 37.8 Å². The van der Waals surface area contributed by atoms with Gasteiger partial charge in [0.1, 0.15) is 0 Å². The van der Waals surface area contributed by atoms with Crippen LogP contribution in [0.25, 0.3) is 0 Å². The van der Waals surface area contributed by atoms with Crippen LogP contribution < -0.4 is 9.36 Å². The molecule has 0 saturated carbocycles. The van der Waals surface area contributed by atoms with Crippen LogP contribution in [0.4, 0.5) is 5.69 Å². The SMILES string of the molecule is COC1C(=O)N(c2ccccc2)C1(Sc1ccccc1)[Se]c1ccccc1. The van der Waals surface area contributed by atoms with Gasteiger partial charge in [0, 0.05) is 0 Å². The molecule has 0 aliphatic carbocycles. The topological polar surface area (TPSA) is 29.5 Å². The van der Waals surface area contributed by atoms with Gasteiger partial charge < -0.3 is 0 Å². The molecule has 1 saturated heterocycles. The molecule has 136 valence electrons. The molecule has 0 N–H and O–H groups in total. The van der Waals surface area contributed by atoms with Crippen molar-refractivity contribution in [3.63, 3.8) is 0 Å². The van der Waals surface area contributed by atoms with E-state index in [1.807, 2.05) is 71.6 Å². The van der Waals surface area contributed by atoms with Crippen molar-refractivity contribution in [2.24, 2.45) is 0 Å². The summed E-state index contributed by atoms with van der Waals surface area (Å²) in [6.45, 7) is 0. The molecule has 5 heteroatoms. The summed E-state index contributed by atoms with van der Waals surface area (Å²) in [6.07, 6.45) is -0.469. The first-order valence-corrected chi connectivity index (χ1v) is 11.2. The zero-order valence-corrected chi connectivity index (χ0v) is 17.3. The van der Waals surface area contributed by atoms with Crippen LogP contribution in [0.3, 0.4) is 0 Å². The van der Waals surface area contributed by atoms with Crippen molar-refractivity contribution >= 4 is 42.8 Å². The number of methoxy groups -OCH3 is 1. The van der Waals surface area contributed by atoms with Crippen molar-refractivity contribution in [2.75, 3.05) is 12.0 Å². The van der Waals surface area contributed by atoms with Crippen LogP contribution in [0.2, 0.25) is 0 Å². The maximum atomic E-state index is 13.0. The molecule has 0 spiro atoms. The van der Waals surface area contributed by atoms with Gasteiger partial charge in [-0.1, -0.05) is 0 Å². The van der Waals surface area contributed by atoms with Crippen LogP contribution in [0, 0.1) is 0 Å². The van der Waals surface area contributed by atoms with Gasteiger partial charge in [-0.2, -0.15) is 0 Å². The predicted octanol–water partition coefficient (Wildman–Crippen LogP) is 3.52. The Morgan fingerprint density at radius 1 is 0.889 bits per heavy atom. The summed E-state index contributed by atoms with van der Waals surface area (Å²) in [4.78, 5) is 16.0. The molecular formula is C22H19NO2SSe. The molecule has 2 atom stereocenters. The summed E-state index contributed by atoms with van der Waals surface area (Å²) in [7, 11) is 1.63. The number of para-hydroxylation sites is 1. The predicted molar refractivity (Wildman–Crippen MR) is 112 cm³/mol. The fraction of sp³-hybridized carbons (Fsp3) is 0.136. The number of β-lactam (4-membered cyclic amide) rings is 1. The molecule has 1 aliphatic rings. The second kappa shape index (κ2) is 7.91. The molecular weight excluding hydrogens is 421 g/mol. The van der Waals surface area contributed by atoms with E-state index in [9.17, 15) is 4.79 Å². The minimum atomic E-state index is -0.469. The number of nitrogens with zero attached hydrogens (tertiary/aromatic N) is 1. The van der Waals surface area contributed by atoms with E-state index in [1.54, 1.807) is 18.9 Å². The molecule has 1 amide bonds. The van der Waals surface area contributed by atoms with Crippen LogP contribution in [0.1, 0.15) is 0 Å². The summed E-state index contributed by atoms with van der Waals surface area (Å²) in [5.41, 5.74) is 0.914. The van der Waals surface area contributed by atoms with Crippen molar-refractivity contribution in [2.45, 2.75) is 14.8 Å². The van der Waals surface area contributed by atoms with Gasteiger partial charge >= 0.3 is 170 Å². The number of rotatable bonds is 6. The number of carbonyl (C=O) groups excluding carboxylic acids is 1. The van der Waals surface area contributed by atoms with Crippen molar-refractivity contribution in [3.8, 4) is 0 Å². The van der Waals surface area contributed by atoms with Gasteiger partial charge in [0.05, 0.1) is 0 Å². The molecule has 0 radical (unpaired) electrons. The number of anilines is 1. The molecule has 0 aromatic heterocycles. The summed E-state index contributed by atoms with van der Waals surface area (Å²) in [6, 6.07) is 30.5. The third-order valence-electron chi connectivity index (χ3n) is 4.35. The Morgan fingerprint density at radius 2 is 1.44 bits per heavy atom. The Labute approximate surface area is 169 Å². The zero-order valence-electron chi connectivity index (χ0n) is 14.8. The van der Waals surface area contributed by atoms with Gasteiger partial charge in [0.25, 0.3) is 0 Å². The second-order valence-electron chi connectivity index (χ2n) is 6.09. The molecule has 4 rings (SSSR count). The number of hydrogen-bond acceptors (Lipinski definition) is 3. The number of ether oxygens (including phenoxy) is 1. The molecule has 1 heterocycles. The van der Waals surface area contributed by atoms with Crippen molar-refractivity contribution < 1.29 is 9.53 Å². The summed E-state index contributed by atoms with van der Waals surface area (Å²) in [5, 5.41) is 0. The Kier molecular flexibility index (Phi) is 5.37. The quantitative estimate of drug-likeness (QED) is 0.434. The van der Waals surface area contributed by atoms with E-state index in [1.165, 1.54) is 4.46 Å². The first kappa shape index (κ1) is 18.3. The van der Waals surface area contributed by atoms with E-state index in [4.69, 9.17) is 4.74 Å². The molecule has 1 fully saturated rings. The number of thioether (sulfide) groups is 1. The van der Waals surface area contributed by atoms with Crippen molar-refractivity contribution in [1.29, 1.82) is 0 Å². The summed E-state index contributed by atoms with van der Waals surface area (Å²) >= 11 is 1.71. The van der Waals surface area contributed by atoms with Gasteiger partial charge in [-0.15, -0.1) is 0 Å². The van der Waals surface area contributed by atoms with E-state index < -0.39 is 9.87 Å². The third kappa shape index (κ3) is 3.44. The average Bonchev–Trinajstić information content (AvgIpc) is 2.70. The molecule has 0 bridgehead atoms. The Bertz CT molecular complexity index is 864. The van der Waals surface area contributed by atoms with Gasteiger partial charge in [-0.05, 0) is 0 Å². The fourth-order valence-corrected chi connectivity index (χ4v) is 8.34. The van der Waals surface area contributed by atoms with Crippen LogP contribution in [-0.2, 0) is 9.53 Å². The Balaban J connectivity index is 1.80. The van der Waals surface area contributed by atoms with Crippen LogP contribution in [0.15, 0.2) is 95.9 Å². The van der Waals surface area contributed by atoms with Gasteiger partial charge in [0.15, 0.2) is 0 Å². The van der Waals surface area contributed by atoms with Gasteiger partial charge in [0.2, 0.25) is 0 Å². The first-order chi connectivity index (χ1) is 13.2. The molecule has 3 aromatic rings. The second-order valence-corrected chi connectivity index (χ2v) is 10.7. The number of benzene rings is 3. The molecule has 1 aliphatic heterocycles. The molecule has 2 unspecified atom stereocenters. The minimum absolute atomic E-state index is 0.0147. The molecule has 3 aromatic carbocycles. The van der Waals surface area contributed by atoms with E-state index in [2.05, 4.69) is 24.3 Å². The van der Waals surface area contributed by atoms with E-state index in [-0.39, 0.29) is 20.9 Å². The van der Waals surface area contributed by atoms with E-state index >= 15 is 0 Å². The van der Waals surface area contributed by atoms with E-state index in [0.29, 0.717) is 0 Å². The number of amides is 1. The van der Waals surface area contributed by atoms with Crippen molar-refractivity contribution in [1.82, 2.24) is 0 Å². The van der Waals surface area contributed by atoms with Gasteiger partial charge in [-0.3, -0.25) is 0 Å². The third-order valence-corrected chi connectivity index (χ3v) is 9.02. The monoisotopic (exact) mass is 441 g/mol. The first-order valence-electron chi connectivity index (χ1n) is 8.64. The van der Waals surface area contributed by atoms with Gasteiger partial charge in [-0.25, -0.2) is 0 Å². The Hall–Kier alpha value is -2.04. The van der Waals surface area contributed by atoms with E-state index in [0.717, 1.165) is 10.6 Å². The standard InChI is InChI=1S/C22H19NO2SSe/c1-25-20-21(24)23(17-11-5-2-6-12-17)22(20,26-18-13-7-3-8-14-18)27-19-15-9-4-10-16-19/h2-16,20H,1H3. The number of hydrogen-bond donors (Lipinski definition) is 0. The summed E-state index contributed by atoms with van der Waals surface area (Å²) < 4.78 is 6.48. The normalized spacial score (nSPS) is 21.7. The zero-order chi connectivity index (χ0) is 18.7. The fourth-order valence-electron chi connectivity index (χ4n) is 3.15. The molecule has 3 nitrogen and oxygen atoms in total. The molecule has 27 heavy (non-hydrogen) atoms.